The van der Waals surface area contributed by atoms with Crippen LogP contribution in [0.25, 0.3) is 0 Å². The molecule has 0 bridgehead atoms. The normalized spacial score (nSPS) is 14.9. The van der Waals surface area contributed by atoms with Gasteiger partial charge in [-0.2, -0.15) is 5.10 Å². The van der Waals surface area contributed by atoms with Gasteiger partial charge in [0.15, 0.2) is 19.8 Å². The molecule has 2 unspecified atom stereocenters. The van der Waals surface area contributed by atoms with Gasteiger partial charge >= 0.3 is 0 Å². The van der Waals surface area contributed by atoms with Gasteiger partial charge in [0.1, 0.15) is 6.10 Å². The fourth-order valence-electron chi connectivity index (χ4n) is 3.61. The van der Waals surface area contributed by atoms with Crippen LogP contribution in [0.2, 0.25) is 18.1 Å². The number of halogens is 1. The highest BCUT2D eigenvalue weighted by Crippen LogP contribution is 2.38. The Morgan fingerprint density at radius 3 is 1.94 bits per heavy atom. The first-order valence-corrected chi connectivity index (χ1v) is 14.8. The van der Waals surface area contributed by atoms with Crippen LogP contribution in [0.4, 0.5) is 0 Å². The van der Waals surface area contributed by atoms with Crippen molar-refractivity contribution in [2.24, 2.45) is 5.41 Å². The van der Waals surface area contributed by atoms with Crippen LogP contribution in [-0.2, 0) is 15.4 Å². The second-order valence-corrected chi connectivity index (χ2v) is 14.8. The Bertz CT molecular complexity index is 997. The molecule has 184 valence electrons. The summed E-state index contributed by atoms with van der Waals surface area (Å²) < 4.78 is 14.4. The standard InChI is InChI=1S/C26H41ClN2O3Si/c1-24(2,3)18-14-12-17(13-15-18)21(22(25(4,5)6)32-33(10)11)31-19-16-28-29(26(7,8)9)23(30)20(19)27/h12-16,21-22,33H,1-11H3. The summed E-state index contributed by atoms with van der Waals surface area (Å²) in [6.45, 7) is 23.0. The molecule has 0 saturated carbocycles. The van der Waals surface area contributed by atoms with Crippen LogP contribution in [0, 0.1) is 5.41 Å². The summed E-state index contributed by atoms with van der Waals surface area (Å²) in [6, 6.07) is 8.45. The molecule has 1 heterocycles. The Morgan fingerprint density at radius 1 is 0.970 bits per heavy atom. The van der Waals surface area contributed by atoms with E-state index >= 15 is 0 Å². The monoisotopic (exact) mass is 492 g/mol. The van der Waals surface area contributed by atoms with Gasteiger partial charge in [0.05, 0.1) is 17.8 Å². The summed E-state index contributed by atoms with van der Waals surface area (Å²) in [5.41, 5.74) is 1.21. The first kappa shape index (κ1) is 27.6. The SMILES string of the molecule is C[SiH](C)OC(C(Oc1cnn(C(C)(C)C)c(=O)c1Cl)c1ccc(C(C)(C)C)cc1)C(C)(C)C. The van der Waals surface area contributed by atoms with Crippen molar-refractivity contribution in [3.05, 3.63) is 57.0 Å². The summed E-state index contributed by atoms with van der Waals surface area (Å²) in [7, 11) is -1.40. The molecule has 0 amide bonds. The minimum absolute atomic E-state index is 0.0330. The Labute approximate surface area is 206 Å². The molecule has 2 aromatic rings. The maximum absolute atomic E-state index is 12.9. The molecule has 0 aliphatic carbocycles. The van der Waals surface area contributed by atoms with E-state index in [0.717, 1.165) is 5.56 Å². The molecule has 0 aliphatic rings. The van der Waals surface area contributed by atoms with Gasteiger partial charge in [0, 0.05) is 0 Å². The highest BCUT2D eigenvalue weighted by atomic mass is 35.5. The largest absolute Gasteiger partial charge is 0.480 e. The summed E-state index contributed by atoms with van der Waals surface area (Å²) >= 11 is 6.52. The van der Waals surface area contributed by atoms with E-state index < -0.39 is 20.7 Å². The summed E-state index contributed by atoms with van der Waals surface area (Å²) in [4.78, 5) is 12.9. The zero-order valence-electron chi connectivity index (χ0n) is 22.1. The second-order valence-electron chi connectivity index (χ2n) is 12.1. The highest BCUT2D eigenvalue weighted by Gasteiger charge is 2.37. The number of benzene rings is 1. The van der Waals surface area contributed by atoms with Crippen LogP contribution >= 0.6 is 11.6 Å². The fraction of sp³-hybridized carbons (Fsp3) is 0.615. The zero-order chi connectivity index (χ0) is 25.4. The molecular formula is C26H41ClN2O3Si. The van der Waals surface area contributed by atoms with Gasteiger partial charge in [-0.25, -0.2) is 4.68 Å². The van der Waals surface area contributed by atoms with Gasteiger partial charge in [-0.05, 0) is 55.8 Å². The van der Waals surface area contributed by atoms with Crippen LogP contribution in [0.5, 0.6) is 5.75 Å². The van der Waals surface area contributed by atoms with Crippen LogP contribution in [0.3, 0.4) is 0 Å². The van der Waals surface area contributed by atoms with Gasteiger partial charge in [-0.15, -0.1) is 0 Å². The molecule has 0 saturated heterocycles. The van der Waals surface area contributed by atoms with Crippen LogP contribution in [0.15, 0.2) is 35.3 Å². The molecule has 7 heteroatoms. The van der Waals surface area contributed by atoms with Gasteiger partial charge in [-0.1, -0.05) is 77.4 Å². The van der Waals surface area contributed by atoms with Crippen molar-refractivity contribution in [3.63, 3.8) is 0 Å². The fourth-order valence-corrected chi connectivity index (χ4v) is 4.93. The molecule has 0 N–H and O–H groups in total. The van der Waals surface area contributed by atoms with E-state index in [1.54, 1.807) is 0 Å². The molecular weight excluding hydrogens is 452 g/mol. The number of ether oxygens (including phenoxy) is 1. The van der Waals surface area contributed by atoms with Crippen LogP contribution < -0.4 is 10.3 Å². The molecule has 2 rings (SSSR count). The average molecular weight is 493 g/mol. The topological polar surface area (TPSA) is 53.4 Å². The maximum Gasteiger partial charge on any atom is 0.289 e. The maximum atomic E-state index is 12.9. The average Bonchev–Trinajstić information content (AvgIpc) is 2.65. The van der Waals surface area contributed by atoms with Crippen molar-refractivity contribution < 1.29 is 9.16 Å². The molecule has 0 aliphatic heterocycles. The number of aromatic nitrogens is 2. The third-order valence-corrected chi connectivity index (χ3v) is 6.61. The number of nitrogens with zero attached hydrogens (tertiary/aromatic N) is 2. The quantitative estimate of drug-likeness (QED) is 0.433. The predicted molar refractivity (Wildman–Crippen MR) is 140 cm³/mol. The van der Waals surface area contributed by atoms with E-state index in [2.05, 4.69) is 84.0 Å². The molecule has 0 fully saturated rings. The van der Waals surface area contributed by atoms with Crippen molar-refractivity contribution in [2.45, 2.75) is 98.6 Å². The zero-order valence-corrected chi connectivity index (χ0v) is 24.0. The van der Waals surface area contributed by atoms with E-state index in [0.29, 0.717) is 0 Å². The first-order valence-electron chi connectivity index (χ1n) is 11.6. The van der Waals surface area contributed by atoms with E-state index in [1.807, 2.05) is 20.8 Å². The van der Waals surface area contributed by atoms with E-state index in [4.69, 9.17) is 20.8 Å². The number of rotatable bonds is 6. The van der Waals surface area contributed by atoms with Crippen molar-refractivity contribution in [3.8, 4) is 5.75 Å². The van der Waals surface area contributed by atoms with Crippen molar-refractivity contribution in [1.29, 1.82) is 0 Å². The number of hydrogen-bond acceptors (Lipinski definition) is 4. The van der Waals surface area contributed by atoms with E-state index in [1.165, 1.54) is 16.4 Å². The smallest absolute Gasteiger partial charge is 0.289 e. The summed E-state index contributed by atoms with van der Waals surface area (Å²) in [5, 5.41) is 4.38. The molecule has 1 aromatic heterocycles. The molecule has 5 nitrogen and oxygen atoms in total. The Balaban J connectivity index is 2.61. The first-order chi connectivity index (χ1) is 14.9. The lowest BCUT2D eigenvalue weighted by Gasteiger charge is -2.39. The Morgan fingerprint density at radius 2 is 1.52 bits per heavy atom. The number of hydrogen-bond donors (Lipinski definition) is 0. The van der Waals surface area contributed by atoms with Gasteiger partial charge in [0.25, 0.3) is 5.56 Å². The Hall–Kier alpha value is -1.63. The second kappa shape index (κ2) is 9.93. The van der Waals surface area contributed by atoms with Crippen molar-refractivity contribution >= 4 is 20.6 Å². The minimum atomic E-state index is -1.40. The highest BCUT2D eigenvalue weighted by molar-refractivity contribution is 6.48. The van der Waals surface area contributed by atoms with E-state index in [9.17, 15) is 4.79 Å². The molecule has 2 atom stereocenters. The third-order valence-electron chi connectivity index (χ3n) is 5.43. The summed E-state index contributed by atoms with van der Waals surface area (Å²) in [6.07, 6.45) is 0.863. The van der Waals surface area contributed by atoms with Crippen molar-refractivity contribution in [1.82, 2.24) is 9.78 Å². The van der Waals surface area contributed by atoms with Gasteiger partial charge < -0.3 is 9.16 Å². The lowest BCUT2D eigenvalue weighted by Crippen LogP contribution is -2.41. The van der Waals surface area contributed by atoms with Crippen molar-refractivity contribution in [2.75, 3.05) is 0 Å². The van der Waals surface area contributed by atoms with Gasteiger partial charge in [-0.3, -0.25) is 4.79 Å². The molecule has 33 heavy (non-hydrogen) atoms. The lowest BCUT2D eigenvalue weighted by molar-refractivity contribution is -0.0169. The third kappa shape index (κ3) is 6.93. The lowest BCUT2D eigenvalue weighted by atomic mass is 9.82. The van der Waals surface area contributed by atoms with Crippen LogP contribution in [0.1, 0.15) is 79.5 Å². The van der Waals surface area contributed by atoms with Gasteiger partial charge in [0.2, 0.25) is 0 Å². The predicted octanol–water partition coefficient (Wildman–Crippen LogP) is 6.48. The molecule has 1 aromatic carbocycles. The molecule has 0 spiro atoms. The van der Waals surface area contributed by atoms with E-state index in [-0.39, 0.29) is 33.3 Å². The molecule has 0 radical (unpaired) electrons. The minimum Gasteiger partial charge on any atom is -0.480 e. The Kier molecular flexibility index (Phi) is 8.30. The van der Waals surface area contributed by atoms with Crippen LogP contribution in [-0.4, -0.2) is 24.9 Å². The summed E-state index contributed by atoms with van der Waals surface area (Å²) in [5.74, 6) is 0.273.